The Morgan fingerprint density at radius 3 is 2.77 bits per heavy atom. The number of nitrogens with one attached hydrogen (secondary N) is 1. The van der Waals surface area contributed by atoms with Crippen LogP contribution in [0.5, 0.6) is 11.5 Å². The maximum Gasteiger partial charge on any atom is 0.137 e. The Bertz CT molecular complexity index is 304. The monoisotopic (exact) mass is 247 g/mol. The fraction of sp³-hybridized carbons (Fsp3) is 0.250. The van der Waals surface area contributed by atoms with E-state index >= 15 is 0 Å². The number of hydrogen-bond acceptors (Lipinski definition) is 4. The third-order valence-electron chi connectivity index (χ3n) is 1.58. The summed E-state index contributed by atoms with van der Waals surface area (Å²) in [5.74, 6) is 0.620. The Morgan fingerprint density at radius 2 is 2.23 bits per heavy atom. The second-order valence-corrected chi connectivity index (χ2v) is 3.26. The molecule has 0 aliphatic carbocycles. The third kappa shape index (κ3) is 2.33. The lowest BCUT2D eigenvalue weighted by Gasteiger charge is -2.07. The average molecular weight is 248 g/mol. The molecule has 0 radical (unpaired) electrons. The van der Waals surface area contributed by atoms with Crippen LogP contribution in [0.3, 0.4) is 0 Å². The van der Waals surface area contributed by atoms with Crippen molar-refractivity contribution in [3.8, 4) is 11.5 Å². The number of halogens is 1. The van der Waals surface area contributed by atoms with E-state index in [0.29, 0.717) is 10.2 Å². The molecule has 0 aliphatic rings. The van der Waals surface area contributed by atoms with Crippen molar-refractivity contribution in [2.45, 2.75) is 6.54 Å². The molecule has 0 aliphatic heterocycles. The highest BCUT2D eigenvalue weighted by Crippen LogP contribution is 2.34. The van der Waals surface area contributed by atoms with Crippen LogP contribution in [0.15, 0.2) is 16.6 Å². The molecule has 1 rings (SSSR count). The van der Waals surface area contributed by atoms with Crippen LogP contribution >= 0.6 is 15.9 Å². The van der Waals surface area contributed by atoms with Crippen molar-refractivity contribution in [2.24, 2.45) is 0 Å². The molecule has 0 amide bonds. The highest BCUT2D eigenvalue weighted by molar-refractivity contribution is 9.10. The van der Waals surface area contributed by atoms with Gasteiger partial charge in [-0.15, -0.1) is 0 Å². The summed E-state index contributed by atoms with van der Waals surface area (Å²) in [6, 6.07) is 3.25. The van der Waals surface area contributed by atoms with Crippen molar-refractivity contribution in [2.75, 3.05) is 7.11 Å². The predicted octanol–water partition coefficient (Wildman–Crippen LogP) is 1.64. The zero-order valence-corrected chi connectivity index (χ0v) is 8.63. The highest BCUT2D eigenvalue weighted by atomic mass is 79.9. The molecular weight excluding hydrogens is 238 g/mol. The first-order chi connectivity index (χ1) is 6.19. The van der Waals surface area contributed by atoms with Gasteiger partial charge in [0, 0.05) is 6.54 Å². The van der Waals surface area contributed by atoms with Crippen molar-refractivity contribution < 1.29 is 15.1 Å². The summed E-state index contributed by atoms with van der Waals surface area (Å²) in [6.45, 7) is 0.261. The minimum Gasteiger partial charge on any atom is -0.507 e. The molecule has 5 heteroatoms. The Labute approximate surface area is 84.2 Å². The predicted molar refractivity (Wildman–Crippen MR) is 51.0 cm³/mol. The van der Waals surface area contributed by atoms with E-state index in [4.69, 9.17) is 9.94 Å². The molecule has 0 saturated heterocycles. The largest absolute Gasteiger partial charge is 0.507 e. The highest BCUT2D eigenvalue weighted by Gasteiger charge is 2.07. The maximum atomic E-state index is 9.40. The van der Waals surface area contributed by atoms with Crippen molar-refractivity contribution in [1.29, 1.82) is 0 Å². The van der Waals surface area contributed by atoms with E-state index < -0.39 is 0 Å². The molecule has 0 fully saturated rings. The van der Waals surface area contributed by atoms with E-state index in [-0.39, 0.29) is 12.3 Å². The van der Waals surface area contributed by atoms with Gasteiger partial charge in [-0.3, -0.25) is 0 Å². The summed E-state index contributed by atoms with van der Waals surface area (Å²) >= 11 is 3.17. The Balaban J connectivity index is 3.06. The summed E-state index contributed by atoms with van der Waals surface area (Å²) < 4.78 is 5.51. The van der Waals surface area contributed by atoms with Gasteiger partial charge in [0.2, 0.25) is 0 Å². The molecule has 13 heavy (non-hydrogen) atoms. The Hall–Kier alpha value is -0.780. The summed E-state index contributed by atoms with van der Waals surface area (Å²) in [6.07, 6.45) is 0. The van der Waals surface area contributed by atoms with E-state index in [1.54, 1.807) is 6.07 Å². The molecule has 3 N–H and O–H groups in total. The zero-order valence-electron chi connectivity index (χ0n) is 7.04. The van der Waals surface area contributed by atoms with Crippen molar-refractivity contribution in [3.63, 3.8) is 0 Å². The normalized spacial score (nSPS) is 10.1. The lowest BCUT2D eigenvalue weighted by Crippen LogP contribution is -2.06. The molecule has 1 aromatic carbocycles. The first-order valence-electron chi connectivity index (χ1n) is 3.61. The number of phenolic OH excluding ortho intramolecular Hbond substituents is 1. The summed E-state index contributed by atoms with van der Waals surface area (Å²) in [7, 11) is 1.51. The summed E-state index contributed by atoms with van der Waals surface area (Å²) in [5.41, 5.74) is 2.74. The van der Waals surface area contributed by atoms with Crippen LogP contribution in [0.2, 0.25) is 0 Å². The van der Waals surface area contributed by atoms with Gasteiger partial charge < -0.3 is 15.1 Å². The van der Waals surface area contributed by atoms with Gasteiger partial charge in [0.25, 0.3) is 0 Å². The van der Waals surface area contributed by atoms with Crippen LogP contribution in [0.1, 0.15) is 5.56 Å². The molecule has 0 spiro atoms. The van der Waals surface area contributed by atoms with Crippen LogP contribution in [0.4, 0.5) is 0 Å². The van der Waals surface area contributed by atoms with E-state index in [1.807, 2.05) is 5.48 Å². The second kappa shape index (κ2) is 4.45. The van der Waals surface area contributed by atoms with Gasteiger partial charge in [-0.25, -0.2) is 5.48 Å². The van der Waals surface area contributed by atoms with Crippen molar-refractivity contribution >= 4 is 15.9 Å². The number of rotatable bonds is 3. The third-order valence-corrected chi connectivity index (χ3v) is 2.38. The van der Waals surface area contributed by atoms with Crippen molar-refractivity contribution in [3.05, 3.63) is 22.2 Å². The summed E-state index contributed by atoms with van der Waals surface area (Å²) in [4.78, 5) is 0. The minimum absolute atomic E-state index is 0.0876. The SMILES string of the molecule is COc1cc(CNO)cc(O)c1Br. The van der Waals surface area contributed by atoms with Crippen LogP contribution in [0.25, 0.3) is 0 Å². The quantitative estimate of drug-likeness (QED) is 0.711. The number of aromatic hydroxyl groups is 1. The average Bonchev–Trinajstić information content (AvgIpc) is 2.11. The molecule has 0 unspecified atom stereocenters. The lowest BCUT2D eigenvalue weighted by atomic mass is 10.2. The number of hydroxylamine groups is 1. The minimum atomic E-state index is 0.0876. The van der Waals surface area contributed by atoms with Crippen LogP contribution in [0, 0.1) is 0 Å². The van der Waals surface area contributed by atoms with E-state index in [1.165, 1.54) is 13.2 Å². The van der Waals surface area contributed by atoms with Crippen LogP contribution in [-0.4, -0.2) is 17.4 Å². The van der Waals surface area contributed by atoms with Gasteiger partial charge in [-0.05, 0) is 33.6 Å². The first-order valence-corrected chi connectivity index (χ1v) is 4.40. The first kappa shape index (κ1) is 10.3. The molecule has 4 nitrogen and oxygen atoms in total. The van der Waals surface area contributed by atoms with Crippen LogP contribution in [-0.2, 0) is 6.54 Å². The van der Waals surface area contributed by atoms with E-state index in [9.17, 15) is 5.11 Å². The lowest BCUT2D eigenvalue weighted by molar-refractivity contribution is 0.161. The Kier molecular flexibility index (Phi) is 3.53. The van der Waals surface area contributed by atoms with Gasteiger partial charge in [-0.1, -0.05) is 0 Å². The molecule has 0 bridgehead atoms. The topological polar surface area (TPSA) is 61.7 Å². The zero-order chi connectivity index (χ0) is 9.84. The molecule has 0 atom stereocenters. The van der Waals surface area contributed by atoms with Gasteiger partial charge >= 0.3 is 0 Å². The fourth-order valence-electron chi connectivity index (χ4n) is 0.980. The van der Waals surface area contributed by atoms with E-state index in [0.717, 1.165) is 5.56 Å². The number of phenols is 1. The fourth-order valence-corrected chi connectivity index (χ4v) is 1.37. The number of benzene rings is 1. The molecule has 0 heterocycles. The molecule has 72 valence electrons. The molecule has 0 saturated carbocycles. The maximum absolute atomic E-state index is 9.40. The van der Waals surface area contributed by atoms with Crippen LogP contribution < -0.4 is 10.2 Å². The number of ether oxygens (including phenoxy) is 1. The van der Waals surface area contributed by atoms with Crippen molar-refractivity contribution in [1.82, 2.24) is 5.48 Å². The van der Waals surface area contributed by atoms with Gasteiger partial charge in [0.1, 0.15) is 16.0 Å². The van der Waals surface area contributed by atoms with Gasteiger partial charge in [0.05, 0.1) is 7.11 Å². The smallest absolute Gasteiger partial charge is 0.137 e. The van der Waals surface area contributed by atoms with Gasteiger partial charge in [0.15, 0.2) is 0 Å². The molecule has 0 aromatic heterocycles. The second-order valence-electron chi connectivity index (χ2n) is 2.47. The number of methoxy groups -OCH3 is 1. The number of hydrogen-bond donors (Lipinski definition) is 3. The summed E-state index contributed by atoms with van der Waals surface area (Å²) in [5, 5.41) is 17.9. The standard InChI is InChI=1S/C8H10BrNO3/c1-13-7-3-5(4-10-12)2-6(11)8(7)9/h2-3,10-12H,4H2,1H3. The Morgan fingerprint density at radius 1 is 1.54 bits per heavy atom. The van der Waals surface area contributed by atoms with Gasteiger partial charge in [-0.2, -0.15) is 0 Å². The molecule has 1 aromatic rings. The molecular formula is C8H10BrNO3. The van der Waals surface area contributed by atoms with E-state index in [2.05, 4.69) is 15.9 Å².